The normalized spacial score (nSPS) is 19.2. The van der Waals surface area contributed by atoms with Gasteiger partial charge in [-0.2, -0.15) is 0 Å². The summed E-state index contributed by atoms with van der Waals surface area (Å²) in [4.78, 5) is 14.8. The number of hydrogen-bond donors (Lipinski definition) is 1. The Hall–Kier alpha value is -2.53. The highest BCUT2D eigenvalue weighted by Crippen LogP contribution is 2.37. The smallest absolute Gasteiger partial charge is 0.234 e. The van der Waals surface area contributed by atoms with Gasteiger partial charge in [-0.3, -0.25) is 9.69 Å². The lowest BCUT2D eigenvalue weighted by atomic mass is 10.0. The number of nitrogens with one attached hydrogen (secondary N) is 1. The molecule has 5 heteroatoms. The number of nitrogens with zero attached hydrogens (tertiary/aromatic N) is 1. The summed E-state index contributed by atoms with van der Waals surface area (Å²) in [6.07, 6.45) is 3.07. The highest BCUT2D eigenvalue weighted by molar-refractivity contribution is 5.78. The highest BCUT2D eigenvalue weighted by Gasteiger charge is 2.28. The average Bonchev–Trinajstić information content (AvgIpc) is 3.02. The van der Waals surface area contributed by atoms with E-state index < -0.39 is 0 Å². The molecule has 1 atom stereocenters. The van der Waals surface area contributed by atoms with E-state index in [2.05, 4.69) is 41.4 Å². The van der Waals surface area contributed by atoms with E-state index in [0.29, 0.717) is 26.3 Å². The van der Waals surface area contributed by atoms with Gasteiger partial charge in [-0.15, -0.1) is 0 Å². The SMILES string of the molecule is Cc1ccccc1CNC(=O)CN1CCC[C@H]1c1ccc2c(c1)OCCCO2. The minimum Gasteiger partial charge on any atom is -0.490 e. The molecule has 0 aliphatic carbocycles. The zero-order chi connectivity index (χ0) is 19.3. The van der Waals surface area contributed by atoms with Crippen molar-refractivity contribution in [1.29, 1.82) is 0 Å². The second-order valence-corrected chi connectivity index (χ2v) is 7.59. The lowest BCUT2D eigenvalue weighted by Gasteiger charge is -2.25. The number of carbonyl (C=O) groups is 1. The van der Waals surface area contributed by atoms with Crippen molar-refractivity contribution in [3.63, 3.8) is 0 Å². The second-order valence-electron chi connectivity index (χ2n) is 7.59. The van der Waals surface area contributed by atoms with Gasteiger partial charge in [0.25, 0.3) is 0 Å². The van der Waals surface area contributed by atoms with Gasteiger partial charge in [-0.25, -0.2) is 0 Å². The van der Waals surface area contributed by atoms with E-state index in [1.807, 2.05) is 18.2 Å². The minimum absolute atomic E-state index is 0.0736. The molecule has 1 amide bonds. The third-order valence-corrected chi connectivity index (χ3v) is 5.60. The van der Waals surface area contributed by atoms with Gasteiger partial charge in [0.1, 0.15) is 0 Å². The van der Waals surface area contributed by atoms with Crippen molar-refractivity contribution in [3.8, 4) is 11.5 Å². The Kier molecular flexibility index (Phi) is 5.81. The number of benzene rings is 2. The van der Waals surface area contributed by atoms with Crippen molar-refractivity contribution < 1.29 is 14.3 Å². The van der Waals surface area contributed by atoms with Crippen LogP contribution in [0.5, 0.6) is 11.5 Å². The number of aryl methyl sites for hydroxylation is 1. The Labute approximate surface area is 166 Å². The van der Waals surface area contributed by atoms with Crippen molar-refractivity contribution in [1.82, 2.24) is 10.2 Å². The van der Waals surface area contributed by atoms with Crippen LogP contribution in [0.1, 0.15) is 42.0 Å². The van der Waals surface area contributed by atoms with Crippen LogP contribution in [0.4, 0.5) is 0 Å². The molecule has 0 spiro atoms. The van der Waals surface area contributed by atoms with E-state index in [4.69, 9.17) is 9.47 Å². The summed E-state index contributed by atoms with van der Waals surface area (Å²) in [5, 5.41) is 3.07. The van der Waals surface area contributed by atoms with Gasteiger partial charge < -0.3 is 14.8 Å². The highest BCUT2D eigenvalue weighted by atomic mass is 16.5. The molecule has 2 aromatic carbocycles. The van der Waals surface area contributed by atoms with E-state index >= 15 is 0 Å². The van der Waals surface area contributed by atoms with Crippen LogP contribution in [0, 0.1) is 6.92 Å². The quantitative estimate of drug-likeness (QED) is 0.861. The van der Waals surface area contributed by atoms with E-state index in [1.54, 1.807) is 0 Å². The first-order valence-electron chi connectivity index (χ1n) is 10.2. The van der Waals surface area contributed by atoms with Gasteiger partial charge in [0.15, 0.2) is 11.5 Å². The van der Waals surface area contributed by atoms with Gasteiger partial charge in [-0.1, -0.05) is 30.3 Å². The van der Waals surface area contributed by atoms with Gasteiger partial charge in [-0.05, 0) is 55.1 Å². The number of rotatable bonds is 5. The predicted octanol–water partition coefficient (Wildman–Crippen LogP) is 3.61. The Morgan fingerprint density at radius 2 is 1.93 bits per heavy atom. The lowest BCUT2D eigenvalue weighted by molar-refractivity contribution is -0.122. The summed E-state index contributed by atoms with van der Waals surface area (Å²) < 4.78 is 11.6. The zero-order valence-electron chi connectivity index (χ0n) is 16.4. The van der Waals surface area contributed by atoms with Gasteiger partial charge in [0.05, 0.1) is 19.8 Å². The van der Waals surface area contributed by atoms with Gasteiger partial charge >= 0.3 is 0 Å². The van der Waals surface area contributed by atoms with Crippen LogP contribution in [-0.4, -0.2) is 37.1 Å². The Balaban J connectivity index is 1.39. The van der Waals surface area contributed by atoms with Crippen LogP contribution in [0.2, 0.25) is 0 Å². The van der Waals surface area contributed by atoms with Gasteiger partial charge in [0.2, 0.25) is 5.91 Å². The summed E-state index contributed by atoms with van der Waals surface area (Å²) in [6.45, 7) is 5.40. The first-order valence-corrected chi connectivity index (χ1v) is 10.2. The first-order chi connectivity index (χ1) is 13.7. The molecule has 2 aliphatic heterocycles. The van der Waals surface area contributed by atoms with Crippen LogP contribution in [0.25, 0.3) is 0 Å². The maximum Gasteiger partial charge on any atom is 0.234 e. The van der Waals surface area contributed by atoms with Crippen LogP contribution in [0.3, 0.4) is 0 Å². The molecule has 0 radical (unpaired) electrons. The Bertz CT molecular complexity index is 836. The van der Waals surface area contributed by atoms with Crippen LogP contribution >= 0.6 is 0 Å². The maximum absolute atomic E-state index is 12.5. The molecule has 1 N–H and O–H groups in total. The van der Waals surface area contributed by atoms with Crippen LogP contribution in [-0.2, 0) is 11.3 Å². The van der Waals surface area contributed by atoms with Crippen molar-refractivity contribution in [3.05, 3.63) is 59.2 Å². The summed E-state index contributed by atoms with van der Waals surface area (Å²) in [5.74, 6) is 1.72. The molecule has 0 unspecified atom stereocenters. The monoisotopic (exact) mass is 380 g/mol. The molecule has 5 nitrogen and oxygen atoms in total. The lowest BCUT2D eigenvalue weighted by Crippen LogP contribution is -2.36. The summed E-state index contributed by atoms with van der Waals surface area (Å²) >= 11 is 0. The summed E-state index contributed by atoms with van der Waals surface area (Å²) in [6, 6.07) is 14.6. The third kappa shape index (κ3) is 4.30. The standard InChI is InChI=1S/C23H28N2O3/c1-17-6-2-3-7-19(17)15-24-23(26)16-25-11-4-8-20(25)18-9-10-21-22(14-18)28-13-5-12-27-21/h2-3,6-7,9-10,14,20H,4-5,8,11-13,15-16H2,1H3,(H,24,26)/t20-/m0/s1. The van der Waals surface area contributed by atoms with Gasteiger partial charge in [0, 0.05) is 19.0 Å². The molecule has 0 aromatic heterocycles. The van der Waals surface area contributed by atoms with E-state index in [0.717, 1.165) is 42.9 Å². The number of fused-ring (bicyclic) bond motifs is 1. The fourth-order valence-corrected chi connectivity index (χ4v) is 4.02. The Morgan fingerprint density at radius 1 is 1.11 bits per heavy atom. The molecular weight excluding hydrogens is 352 g/mol. The number of ether oxygens (including phenoxy) is 2. The zero-order valence-corrected chi connectivity index (χ0v) is 16.4. The maximum atomic E-state index is 12.5. The number of carbonyl (C=O) groups excluding carboxylic acids is 1. The molecule has 1 saturated heterocycles. The van der Waals surface area contributed by atoms with Crippen molar-refractivity contribution >= 4 is 5.91 Å². The van der Waals surface area contributed by atoms with E-state index in [9.17, 15) is 4.79 Å². The van der Waals surface area contributed by atoms with Crippen molar-refractivity contribution in [2.45, 2.75) is 38.8 Å². The number of hydrogen-bond acceptors (Lipinski definition) is 4. The summed E-state index contributed by atoms with van der Waals surface area (Å²) in [7, 11) is 0. The molecule has 2 aromatic rings. The van der Waals surface area contributed by atoms with Crippen LogP contribution in [0.15, 0.2) is 42.5 Å². The molecule has 0 saturated carbocycles. The second kappa shape index (κ2) is 8.65. The molecule has 2 aliphatic rings. The van der Waals surface area contributed by atoms with Crippen molar-refractivity contribution in [2.75, 3.05) is 26.3 Å². The molecule has 1 fully saturated rings. The van der Waals surface area contributed by atoms with Crippen LogP contribution < -0.4 is 14.8 Å². The topological polar surface area (TPSA) is 50.8 Å². The first kappa shape index (κ1) is 18.8. The number of amides is 1. The summed E-state index contributed by atoms with van der Waals surface area (Å²) in [5.41, 5.74) is 3.57. The number of likely N-dealkylation sites (tertiary alicyclic amines) is 1. The molecule has 2 heterocycles. The molecule has 148 valence electrons. The fraction of sp³-hybridized carbons (Fsp3) is 0.435. The predicted molar refractivity (Wildman–Crippen MR) is 109 cm³/mol. The minimum atomic E-state index is 0.0736. The van der Waals surface area contributed by atoms with E-state index in [1.165, 1.54) is 11.1 Å². The molecule has 0 bridgehead atoms. The third-order valence-electron chi connectivity index (χ3n) is 5.60. The average molecular weight is 380 g/mol. The fourth-order valence-electron chi connectivity index (χ4n) is 4.02. The molecule has 28 heavy (non-hydrogen) atoms. The van der Waals surface area contributed by atoms with Crippen molar-refractivity contribution in [2.24, 2.45) is 0 Å². The Morgan fingerprint density at radius 3 is 2.79 bits per heavy atom. The molecular formula is C23H28N2O3. The molecule has 4 rings (SSSR count). The van der Waals surface area contributed by atoms with E-state index in [-0.39, 0.29) is 11.9 Å². The largest absolute Gasteiger partial charge is 0.490 e.